The van der Waals surface area contributed by atoms with E-state index in [0.29, 0.717) is 31.7 Å². The third kappa shape index (κ3) is 7.79. The van der Waals surface area contributed by atoms with Gasteiger partial charge >= 0.3 is 0 Å². The average Bonchev–Trinajstić information content (AvgIpc) is 2.84. The van der Waals surface area contributed by atoms with Crippen LogP contribution in [0.3, 0.4) is 0 Å². The third-order valence-electron chi connectivity index (χ3n) is 5.42. The van der Waals surface area contributed by atoms with E-state index in [0.717, 1.165) is 16.0 Å². The Labute approximate surface area is 201 Å². The molecule has 0 fully saturated rings. The highest BCUT2D eigenvalue weighted by Gasteiger charge is 2.29. The van der Waals surface area contributed by atoms with Gasteiger partial charge in [0, 0.05) is 36.6 Å². The van der Waals surface area contributed by atoms with E-state index < -0.39 is 6.04 Å². The molecule has 0 spiro atoms. The van der Waals surface area contributed by atoms with E-state index >= 15 is 0 Å². The lowest BCUT2D eigenvalue weighted by Gasteiger charge is -2.31. The lowest BCUT2D eigenvalue weighted by Crippen LogP contribution is -2.50. The van der Waals surface area contributed by atoms with Crippen molar-refractivity contribution in [3.05, 3.63) is 102 Å². The van der Waals surface area contributed by atoms with Gasteiger partial charge in [-0.3, -0.25) is 9.59 Å². The molecule has 0 aliphatic rings. The highest BCUT2D eigenvalue weighted by Crippen LogP contribution is 2.21. The maximum atomic E-state index is 13.5. The Kier molecular flexibility index (Phi) is 9.58. The second-order valence-electron chi connectivity index (χ2n) is 8.02. The minimum atomic E-state index is -0.565. The summed E-state index contributed by atoms with van der Waals surface area (Å²) in [6.45, 7) is 4.90. The third-order valence-corrected chi connectivity index (χ3v) is 6.44. The Morgan fingerprint density at radius 1 is 0.879 bits per heavy atom. The van der Waals surface area contributed by atoms with Gasteiger partial charge in [-0.15, -0.1) is 11.8 Å². The molecule has 0 saturated heterocycles. The largest absolute Gasteiger partial charge is 0.355 e. The fourth-order valence-electron chi connectivity index (χ4n) is 3.66. The number of hydrogen-bond acceptors (Lipinski definition) is 3. The van der Waals surface area contributed by atoms with Crippen molar-refractivity contribution in [1.29, 1.82) is 0 Å². The standard InChI is InChI=1S/C28H32N2O2S/c1-3-29-28(32)26(20-23-10-6-4-7-11-23)30(21-24-12-8-5-9-13-24)27(31)18-19-33-25-16-14-22(2)15-17-25/h4-17,26H,3,18-21H2,1-2H3,(H,29,32)/t26-/m0/s1. The van der Waals surface area contributed by atoms with Gasteiger partial charge in [0.1, 0.15) is 6.04 Å². The SMILES string of the molecule is CCNC(=O)[C@H](Cc1ccccc1)N(Cc1ccccc1)C(=O)CCSc1ccc(C)cc1. The summed E-state index contributed by atoms with van der Waals surface area (Å²) in [5.41, 5.74) is 3.27. The van der Waals surface area contributed by atoms with Gasteiger partial charge in [-0.2, -0.15) is 0 Å². The van der Waals surface area contributed by atoms with Crippen LogP contribution in [0.1, 0.15) is 30.0 Å². The van der Waals surface area contributed by atoms with Crippen LogP contribution < -0.4 is 5.32 Å². The Morgan fingerprint density at radius 2 is 1.48 bits per heavy atom. The van der Waals surface area contributed by atoms with E-state index in [2.05, 4.69) is 36.5 Å². The van der Waals surface area contributed by atoms with Crippen LogP contribution in [-0.4, -0.2) is 35.1 Å². The topological polar surface area (TPSA) is 49.4 Å². The van der Waals surface area contributed by atoms with Crippen molar-refractivity contribution in [2.45, 2.75) is 44.2 Å². The molecular formula is C28H32N2O2S. The van der Waals surface area contributed by atoms with Crippen molar-refractivity contribution in [2.24, 2.45) is 0 Å². The number of carbonyl (C=O) groups is 2. The molecule has 0 aliphatic carbocycles. The van der Waals surface area contributed by atoms with Gasteiger partial charge in [0.2, 0.25) is 11.8 Å². The van der Waals surface area contributed by atoms with Crippen LogP contribution in [0.25, 0.3) is 0 Å². The molecule has 172 valence electrons. The fourth-order valence-corrected chi connectivity index (χ4v) is 4.50. The summed E-state index contributed by atoms with van der Waals surface area (Å²) in [5.74, 6) is 0.545. The summed E-state index contributed by atoms with van der Waals surface area (Å²) < 4.78 is 0. The highest BCUT2D eigenvalue weighted by molar-refractivity contribution is 7.99. The van der Waals surface area contributed by atoms with Crippen molar-refractivity contribution in [2.75, 3.05) is 12.3 Å². The van der Waals surface area contributed by atoms with Crippen LogP contribution in [-0.2, 0) is 22.6 Å². The van der Waals surface area contributed by atoms with Crippen LogP contribution >= 0.6 is 11.8 Å². The van der Waals surface area contributed by atoms with Crippen LogP contribution in [0, 0.1) is 6.92 Å². The van der Waals surface area contributed by atoms with Crippen LogP contribution in [0.4, 0.5) is 0 Å². The summed E-state index contributed by atoms with van der Waals surface area (Å²) in [6.07, 6.45) is 0.854. The van der Waals surface area contributed by atoms with Gasteiger partial charge < -0.3 is 10.2 Å². The molecule has 33 heavy (non-hydrogen) atoms. The highest BCUT2D eigenvalue weighted by atomic mass is 32.2. The summed E-state index contributed by atoms with van der Waals surface area (Å²) in [7, 11) is 0. The van der Waals surface area contributed by atoms with Gasteiger partial charge in [0.15, 0.2) is 0 Å². The minimum Gasteiger partial charge on any atom is -0.355 e. The van der Waals surface area contributed by atoms with Crippen molar-refractivity contribution in [1.82, 2.24) is 10.2 Å². The number of rotatable bonds is 11. The number of carbonyl (C=O) groups excluding carboxylic acids is 2. The first kappa shape index (κ1) is 24.6. The molecule has 0 aliphatic heterocycles. The van der Waals surface area contributed by atoms with E-state index in [1.54, 1.807) is 16.7 Å². The smallest absolute Gasteiger partial charge is 0.243 e. The first-order valence-electron chi connectivity index (χ1n) is 11.4. The van der Waals surface area contributed by atoms with Crippen molar-refractivity contribution in [3.63, 3.8) is 0 Å². The molecule has 0 bridgehead atoms. The number of amides is 2. The molecule has 0 saturated carbocycles. The summed E-state index contributed by atoms with van der Waals surface area (Å²) >= 11 is 1.67. The first-order valence-corrected chi connectivity index (χ1v) is 12.4. The Bertz CT molecular complexity index is 1010. The molecule has 0 heterocycles. The molecule has 4 nitrogen and oxygen atoms in total. The molecule has 3 aromatic carbocycles. The van der Waals surface area contributed by atoms with Gasteiger partial charge in [-0.1, -0.05) is 78.4 Å². The molecule has 3 aromatic rings. The van der Waals surface area contributed by atoms with E-state index in [4.69, 9.17) is 0 Å². The van der Waals surface area contributed by atoms with E-state index in [1.165, 1.54) is 5.56 Å². The molecule has 2 amide bonds. The van der Waals surface area contributed by atoms with E-state index in [1.807, 2.05) is 67.6 Å². The van der Waals surface area contributed by atoms with E-state index in [-0.39, 0.29) is 11.8 Å². The van der Waals surface area contributed by atoms with Crippen LogP contribution in [0.5, 0.6) is 0 Å². The Morgan fingerprint density at radius 3 is 2.09 bits per heavy atom. The zero-order chi connectivity index (χ0) is 23.5. The summed E-state index contributed by atoms with van der Waals surface area (Å²) in [6, 6.07) is 27.5. The minimum absolute atomic E-state index is 0.00866. The fraction of sp³-hybridized carbons (Fsp3) is 0.286. The van der Waals surface area contributed by atoms with Crippen molar-refractivity contribution in [3.8, 4) is 0 Å². The molecule has 5 heteroatoms. The normalized spacial score (nSPS) is 11.6. The van der Waals surface area contributed by atoms with E-state index in [9.17, 15) is 9.59 Å². The number of thioether (sulfide) groups is 1. The zero-order valence-electron chi connectivity index (χ0n) is 19.4. The second-order valence-corrected chi connectivity index (χ2v) is 9.19. The maximum Gasteiger partial charge on any atom is 0.243 e. The number of benzene rings is 3. The zero-order valence-corrected chi connectivity index (χ0v) is 20.2. The van der Waals surface area contributed by atoms with Gasteiger partial charge in [0.05, 0.1) is 0 Å². The monoisotopic (exact) mass is 460 g/mol. The number of nitrogens with one attached hydrogen (secondary N) is 1. The summed E-state index contributed by atoms with van der Waals surface area (Å²) in [4.78, 5) is 29.5. The van der Waals surface area contributed by atoms with Crippen molar-refractivity contribution < 1.29 is 9.59 Å². The molecule has 0 aromatic heterocycles. The number of aryl methyl sites for hydroxylation is 1. The number of likely N-dealkylation sites (N-methyl/N-ethyl adjacent to an activating group) is 1. The Balaban J connectivity index is 1.79. The predicted octanol–water partition coefficient (Wildman–Crippen LogP) is 5.25. The number of hydrogen-bond donors (Lipinski definition) is 1. The lowest BCUT2D eigenvalue weighted by molar-refractivity contribution is -0.140. The molecule has 0 radical (unpaired) electrons. The van der Waals surface area contributed by atoms with Gasteiger partial charge in [-0.25, -0.2) is 0 Å². The molecule has 0 unspecified atom stereocenters. The molecular weight excluding hydrogens is 428 g/mol. The van der Waals surface area contributed by atoms with Crippen molar-refractivity contribution >= 4 is 23.6 Å². The van der Waals surface area contributed by atoms with Crippen LogP contribution in [0.2, 0.25) is 0 Å². The molecule has 1 atom stereocenters. The maximum absolute atomic E-state index is 13.5. The lowest BCUT2D eigenvalue weighted by atomic mass is 10.0. The van der Waals surface area contributed by atoms with Crippen LogP contribution in [0.15, 0.2) is 89.8 Å². The number of nitrogens with zero attached hydrogens (tertiary/aromatic N) is 1. The van der Waals surface area contributed by atoms with Gasteiger partial charge in [0.25, 0.3) is 0 Å². The first-order chi connectivity index (χ1) is 16.1. The summed E-state index contributed by atoms with van der Waals surface area (Å²) in [5, 5.41) is 2.94. The molecule has 1 N–H and O–H groups in total. The average molecular weight is 461 g/mol. The van der Waals surface area contributed by atoms with Gasteiger partial charge in [-0.05, 0) is 37.1 Å². The second kappa shape index (κ2) is 12.9. The molecule has 3 rings (SSSR count). The predicted molar refractivity (Wildman–Crippen MR) is 136 cm³/mol. The Hall–Kier alpha value is -3.05. The quantitative estimate of drug-likeness (QED) is 0.398.